The van der Waals surface area contributed by atoms with Crippen LogP contribution in [-0.2, 0) is 9.53 Å². The predicted octanol–water partition coefficient (Wildman–Crippen LogP) is 0.932. The van der Waals surface area contributed by atoms with E-state index in [1.54, 1.807) is 0 Å². The van der Waals surface area contributed by atoms with Gasteiger partial charge in [0, 0.05) is 12.3 Å². The number of ketones is 1. The highest BCUT2D eigenvalue weighted by atomic mass is 16.5. The van der Waals surface area contributed by atoms with Gasteiger partial charge in [0.05, 0.1) is 18.8 Å². The van der Waals surface area contributed by atoms with Crippen molar-refractivity contribution < 1.29 is 9.53 Å². The van der Waals surface area contributed by atoms with Crippen molar-refractivity contribution in [2.45, 2.75) is 25.8 Å². The first-order valence-electron chi connectivity index (χ1n) is 4.76. The van der Waals surface area contributed by atoms with Crippen LogP contribution in [0.2, 0.25) is 0 Å². The van der Waals surface area contributed by atoms with Gasteiger partial charge in [-0.3, -0.25) is 9.69 Å². The molecule has 13 heavy (non-hydrogen) atoms. The van der Waals surface area contributed by atoms with E-state index in [-0.39, 0.29) is 11.5 Å². The molecule has 0 aliphatic carbocycles. The lowest BCUT2D eigenvalue weighted by molar-refractivity contribution is -0.147. The van der Waals surface area contributed by atoms with Gasteiger partial charge in [0.2, 0.25) is 0 Å². The monoisotopic (exact) mass is 185 g/mol. The number of hydrogen-bond donors (Lipinski definition) is 0. The Morgan fingerprint density at radius 3 is 2.23 bits per heavy atom. The third-order valence-electron chi connectivity index (χ3n) is 2.84. The predicted molar refractivity (Wildman–Crippen MR) is 51.7 cm³/mol. The number of Topliss-reactive ketones (excluding diaryl/α,β-unsaturated/α-hetero) is 1. The Kier molecular flexibility index (Phi) is 3.09. The van der Waals surface area contributed by atoms with Crippen LogP contribution in [0.5, 0.6) is 0 Å². The first-order chi connectivity index (χ1) is 5.98. The molecule has 0 aromatic heterocycles. The number of nitrogens with zero attached hydrogens (tertiary/aromatic N) is 1. The third kappa shape index (κ3) is 2.09. The van der Waals surface area contributed by atoms with Gasteiger partial charge in [-0.2, -0.15) is 0 Å². The Bertz CT molecular complexity index is 195. The van der Waals surface area contributed by atoms with Gasteiger partial charge >= 0.3 is 0 Å². The molecular weight excluding hydrogens is 166 g/mol. The molecular formula is C10H19NO2. The van der Waals surface area contributed by atoms with Gasteiger partial charge in [0.15, 0.2) is 0 Å². The lowest BCUT2D eigenvalue weighted by Gasteiger charge is -2.46. The van der Waals surface area contributed by atoms with Crippen molar-refractivity contribution in [1.82, 2.24) is 4.90 Å². The minimum atomic E-state index is -0.0125. The van der Waals surface area contributed by atoms with E-state index in [0.717, 1.165) is 0 Å². The molecule has 1 aliphatic rings. The topological polar surface area (TPSA) is 29.5 Å². The molecule has 0 bridgehead atoms. The zero-order valence-electron chi connectivity index (χ0n) is 8.96. The number of carbonyl (C=O) groups excluding carboxylic acids is 1. The van der Waals surface area contributed by atoms with E-state index in [4.69, 9.17) is 4.74 Å². The molecule has 0 radical (unpaired) electrons. The Morgan fingerprint density at radius 2 is 2.00 bits per heavy atom. The van der Waals surface area contributed by atoms with Gasteiger partial charge in [-0.15, -0.1) is 0 Å². The summed E-state index contributed by atoms with van der Waals surface area (Å²) in [5, 5.41) is 0. The lowest BCUT2D eigenvalue weighted by atomic mass is 9.86. The van der Waals surface area contributed by atoms with Crippen molar-refractivity contribution in [2.75, 3.05) is 27.3 Å². The summed E-state index contributed by atoms with van der Waals surface area (Å²) < 4.78 is 5.19. The zero-order valence-corrected chi connectivity index (χ0v) is 8.96. The molecule has 0 atom stereocenters. The lowest BCUT2D eigenvalue weighted by Crippen LogP contribution is -2.60. The van der Waals surface area contributed by atoms with Crippen LogP contribution in [0.3, 0.4) is 0 Å². The quantitative estimate of drug-likeness (QED) is 0.652. The Balaban J connectivity index is 2.54. The highest BCUT2D eigenvalue weighted by Crippen LogP contribution is 2.27. The maximum absolute atomic E-state index is 11.6. The zero-order chi connectivity index (χ0) is 10.1. The Morgan fingerprint density at radius 1 is 1.46 bits per heavy atom. The number of rotatable bonds is 4. The van der Waals surface area contributed by atoms with Crippen molar-refractivity contribution >= 4 is 5.78 Å². The third-order valence-corrected chi connectivity index (χ3v) is 2.84. The molecule has 76 valence electrons. The van der Waals surface area contributed by atoms with E-state index in [1.165, 1.54) is 0 Å². The smallest absolute Gasteiger partial charge is 0.137 e. The molecule has 1 heterocycles. The van der Waals surface area contributed by atoms with E-state index >= 15 is 0 Å². The van der Waals surface area contributed by atoms with Gasteiger partial charge < -0.3 is 4.74 Å². The maximum atomic E-state index is 11.6. The molecule has 3 nitrogen and oxygen atoms in total. The first-order valence-corrected chi connectivity index (χ1v) is 4.76. The summed E-state index contributed by atoms with van der Waals surface area (Å²) in [6.45, 7) is 5.29. The van der Waals surface area contributed by atoms with Crippen molar-refractivity contribution in [2.24, 2.45) is 5.92 Å². The largest absolute Gasteiger partial charge is 0.377 e. The van der Waals surface area contributed by atoms with Crippen molar-refractivity contribution in [3.05, 3.63) is 0 Å². The van der Waals surface area contributed by atoms with Gasteiger partial charge in [-0.05, 0) is 14.1 Å². The van der Waals surface area contributed by atoms with Gasteiger partial charge in [0.1, 0.15) is 5.78 Å². The Labute approximate surface area is 80.1 Å². The van der Waals surface area contributed by atoms with Crippen molar-refractivity contribution in [1.29, 1.82) is 0 Å². The van der Waals surface area contributed by atoms with E-state index < -0.39 is 0 Å². The number of ether oxygens (including phenoxy) is 1. The second kappa shape index (κ2) is 3.76. The van der Waals surface area contributed by atoms with Crippen LogP contribution in [0.15, 0.2) is 0 Å². The second-order valence-corrected chi connectivity index (χ2v) is 4.41. The fourth-order valence-corrected chi connectivity index (χ4v) is 1.38. The highest BCUT2D eigenvalue weighted by molar-refractivity contribution is 5.81. The highest BCUT2D eigenvalue weighted by Gasteiger charge is 2.42. The first kappa shape index (κ1) is 10.7. The normalized spacial score (nSPS) is 20.5. The molecule has 0 amide bonds. The summed E-state index contributed by atoms with van der Waals surface area (Å²) in [6, 6.07) is 0. The van der Waals surface area contributed by atoms with E-state index in [1.807, 2.05) is 27.9 Å². The minimum absolute atomic E-state index is 0.0125. The summed E-state index contributed by atoms with van der Waals surface area (Å²) in [7, 11) is 4.02. The Hall–Kier alpha value is -0.410. The molecule has 1 rings (SSSR count). The number of likely N-dealkylation sites (N-methyl/N-ethyl adjacent to an activating group) is 1. The molecule has 3 heteroatoms. The summed E-state index contributed by atoms with van der Waals surface area (Å²) in [4.78, 5) is 13.7. The van der Waals surface area contributed by atoms with E-state index in [2.05, 4.69) is 4.90 Å². The van der Waals surface area contributed by atoms with Gasteiger partial charge in [0.25, 0.3) is 0 Å². The van der Waals surface area contributed by atoms with Gasteiger partial charge in [-0.1, -0.05) is 13.8 Å². The molecule has 0 unspecified atom stereocenters. The maximum Gasteiger partial charge on any atom is 0.137 e. The summed E-state index contributed by atoms with van der Waals surface area (Å²) in [6.07, 6.45) is 0.623. The molecule has 1 saturated heterocycles. The second-order valence-electron chi connectivity index (χ2n) is 4.41. The average Bonchev–Trinajstić information content (AvgIpc) is 1.95. The molecule has 0 aromatic carbocycles. The minimum Gasteiger partial charge on any atom is -0.377 e. The molecule has 1 fully saturated rings. The van der Waals surface area contributed by atoms with E-state index in [9.17, 15) is 4.79 Å². The molecule has 0 aromatic rings. The summed E-state index contributed by atoms with van der Waals surface area (Å²) >= 11 is 0. The van der Waals surface area contributed by atoms with Crippen LogP contribution < -0.4 is 0 Å². The molecule has 0 N–H and O–H groups in total. The standard InChI is InChI=1S/C10H19NO2/c1-8(2)9(12)5-10(11(3)4)6-13-7-10/h8H,5-7H2,1-4H3. The fraction of sp³-hybridized carbons (Fsp3) is 0.900. The van der Waals surface area contributed by atoms with E-state index in [0.29, 0.717) is 25.4 Å². The van der Waals surface area contributed by atoms with Crippen LogP contribution >= 0.6 is 0 Å². The average molecular weight is 185 g/mol. The fourth-order valence-electron chi connectivity index (χ4n) is 1.38. The molecule has 0 saturated carbocycles. The van der Waals surface area contributed by atoms with Crippen molar-refractivity contribution in [3.63, 3.8) is 0 Å². The van der Waals surface area contributed by atoms with Crippen LogP contribution in [0.4, 0.5) is 0 Å². The van der Waals surface area contributed by atoms with Crippen LogP contribution in [0.1, 0.15) is 20.3 Å². The number of hydrogen-bond acceptors (Lipinski definition) is 3. The SMILES string of the molecule is CC(C)C(=O)CC1(N(C)C)COC1. The van der Waals surface area contributed by atoms with Crippen molar-refractivity contribution in [3.8, 4) is 0 Å². The van der Waals surface area contributed by atoms with Gasteiger partial charge in [-0.25, -0.2) is 0 Å². The van der Waals surface area contributed by atoms with Crippen LogP contribution in [0.25, 0.3) is 0 Å². The molecule has 1 aliphatic heterocycles. The molecule has 0 spiro atoms. The van der Waals surface area contributed by atoms with Crippen LogP contribution in [0, 0.1) is 5.92 Å². The summed E-state index contributed by atoms with van der Waals surface area (Å²) in [5.41, 5.74) is -0.0125. The number of carbonyl (C=O) groups is 1. The van der Waals surface area contributed by atoms with Crippen LogP contribution in [-0.4, -0.2) is 43.5 Å². The summed E-state index contributed by atoms with van der Waals surface area (Å²) in [5.74, 6) is 0.467.